The SMILES string of the molecule is CCN1CCN(CCCNC(=O)Cc2csc(NC(=O)C(C)C)n2)CC1. The lowest BCUT2D eigenvalue weighted by atomic mass is 10.2. The fourth-order valence-electron chi connectivity index (χ4n) is 2.78. The van der Waals surface area contributed by atoms with Gasteiger partial charge in [0.05, 0.1) is 12.1 Å². The van der Waals surface area contributed by atoms with Crippen molar-refractivity contribution in [3.05, 3.63) is 11.1 Å². The lowest BCUT2D eigenvalue weighted by Crippen LogP contribution is -2.46. The van der Waals surface area contributed by atoms with Crippen molar-refractivity contribution in [2.75, 3.05) is 51.1 Å². The molecule has 0 spiro atoms. The first-order valence-corrected chi connectivity index (χ1v) is 10.3. The van der Waals surface area contributed by atoms with Crippen molar-refractivity contribution in [2.24, 2.45) is 5.92 Å². The van der Waals surface area contributed by atoms with Gasteiger partial charge >= 0.3 is 0 Å². The Morgan fingerprint density at radius 2 is 1.92 bits per heavy atom. The molecule has 2 amide bonds. The smallest absolute Gasteiger partial charge is 0.228 e. The number of piperazine rings is 1. The van der Waals surface area contributed by atoms with Crippen LogP contribution in [0.15, 0.2) is 5.38 Å². The van der Waals surface area contributed by atoms with Crippen LogP contribution >= 0.6 is 11.3 Å². The number of aromatic nitrogens is 1. The number of nitrogens with zero attached hydrogens (tertiary/aromatic N) is 3. The zero-order valence-corrected chi connectivity index (χ0v) is 16.9. The Labute approximate surface area is 160 Å². The summed E-state index contributed by atoms with van der Waals surface area (Å²) in [6, 6.07) is 0. The molecule has 2 rings (SSSR count). The molecule has 1 aromatic heterocycles. The fraction of sp³-hybridized carbons (Fsp3) is 0.722. The summed E-state index contributed by atoms with van der Waals surface area (Å²) in [6.45, 7) is 13.2. The van der Waals surface area contributed by atoms with E-state index in [1.165, 1.54) is 11.3 Å². The molecule has 7 nitrogen and oxygen atoms in total. The van der Waals surface area contributed by atoms with Crippen LogP contribution in [0.2, 0.25) is 0 Å². The summed E-state index contributed by atoms with van der Waals surface area (Å²) in [4.78, 5) is 32.9. The van der Waals surface area contributed by atoms with Gasteiger partial charge in [-0.1, -0.05) is 20.8 Å². The van der Waals surface area contributed by atoms with Gasteiger partial charge in [0.2, 0.25) is 11.8 Å². The number of hydrogen-bond donors (Lipinski definition) is 2. The van der Waals surface area contributed by atoms with Gasteiger partial charge < -0.3 is 20.4 Å². The second-order valence-electron chi connectivity index (χ2n) is 6.94. The van der Waals surface area contributed by atoms with Crippen LogP contribution in [-0.2, 0) is 16.0 Å². The Morgan fingerprint density at radius 3 is 2.58 bits per heavy atom. The van der Waals surface area contributed by atoms with E-state index in [9.17, 15) is 9.59 Å². The lowest BCUT2D eigenvalue weighted by Gasteiger charge is -2.33. The molecule has 0 bridgehead atoms. The molecule has 1 fully saturated rings. The predicted octanol–water partition coefficient (Wildman–Crippen LogP) is 1.42. The summed E-state index contributed by atoms with van der Waals surface area (Å²) in [7, 11) is 0. The van der Waals surface area contributed by atoms with Gasteiger partial charge in [-0.3, -0.25) is 9.59 Å². The third-order valence-corrected chi connectivity index (χ3v) is 5.34. The minimum absolute atomic E-state index is 0.0205. The maximum Gasteiger partial charge on any atom is 0.228 e. The van der Waals surface area contributed by atoms with Crippen LogP contribution in [0.25, 0.3) is 0 Å². The fourth-order valence-corrected chi connectivity index (χ4v) is 3.50. The van der Waals surface area contributed by atoms with Crippen LogP contribution in [-0.4, -0.2) is 72.4 Å². The van der Waals surface area contributed by atoms with Crippen molar-refractivity contribution in [3.63, 3.8) is 0 Å². The molecule has 0 atom stereocenters. The average molecular weight is 382 g/mol. The van der Waals surface area contributed by atoms with Crippen LogP contribution < -0.4 is 10.6 Å². The van der Waals surface area contributed by atoms with Crippen molar-refractivity contribution in [1.82, 2.24) is 20.1 Å². The number of nitrogens with one attached hydrogen (secondary N) is 2. The number of rotatable bonds is 9. The molecule has 26 heavy (non-hydrogen) atoms. The lowest BCUT2D eigenvalue weighted by molar-refractivity contribution is -0.120. The van der Waals surface area contributed by atoms with Crippen LogP contribution in [0.1, 0.15) is 32.9 Å². The Balaban J connectivity index is 1.60. The number of carbonyl (C=O) groups excluding carboxylic acids is 2. The van der Waals surface area contributed by atoms with E-state index < -0.39 is 0 Å². The molecular weight excluding hydrogens is 350 g/mol. The van der Waals surface area contributed by atoms with Gasteiger partial charge in [-0.05, 0) is 19.5 Å². The van der Waals surface area contributed by atoms with E-state index in [-0.39, 0.29) is 24.2 Å². The molecule has 1 aliphatic heterocycles. The van der Waals surface area contributed by atoms with E-state index >= 15 is 0 Å². The van der Waals surface area contributed by atoms with E-state index in [4.69, 9.17) is 0 Å². The molecule has 1 aliphatic rings. The van der Waals surface area contributed by atoms with E-state index in [0.717, 1.165) is 45.7 Å². The first-order chi connectivity index (χ1) is 12.5. The summed E-state index contributed by atoms with van der Waals surface area (Å²) in [6.07, 6.45) is 1.22. The summed E-state index contributed by atoms with van der Waals surface area (Å²) in [5, 5.41) is 8.09. The van der Waals surface area contributed by atoms with Gasteiger partial charge in [-0.2, -0.15) is 0 Å². The molecule has 1 saturated heterocycles. The van der Waals surface area contributed by atoms with Crippen molar-refractivity contribution in [1.29, 1.82) is 0 Å². The quantitative estimate of drug-likeness (QED) is 0.633. The molecule has 0 saturated carbocycles. The van der Waals surface area contributed by atoms with Crippen molar-refractivity contribution >= 4 is 28.3 Å². The first kappa shape index (κ1) is 20.8. The monoisotopic (exact) mass is 381 g/mol. The number of carbonyl (C=O) groups is 2. The molecule has 0 radical (unpaired) electrons. The first-order valence-electron chi connectivity index (χ1n) is 9.44. The van der Waals surface area contributed by atoms with Gasteiger partial charge in [0.15, 0.2) is 5.13 Å². The number of hydrogen-bond acceptors (Lipinski definition) is 6. The van der Waals surface area contributed by atoms with Gasteiger partial charge in [-0.25, -0.2) is 4.98 Å². The van der Waals surface area contributed by atoms with Crippen LogP contribution in [0.4, 0.5) is 5.13 Å². The van der Waals surface area contributed by atoms with Crippen molar-refractivity contribution in [2.45, 2.75) is 33.6 Å². The summed E-state index contributed by atoms with van der Waals surface area (Å²) < 4.78 is 0. The molecule has 2 N–H and O–H groups in total. The van der Waals surface area contributed by atoms with E-state index in [2.05, 4.69) is 32.3 Å². The second-order valence-corrected chi connectivity index (χ2v) is 7.80. The minimum Gasteiger partial charge on any atom is -0.356 e. The number of amides is 2. The largest absolute Gasteiger partial charge is 0.356 e. The van der Waals surface area contributed by atoms with E-state index in [1.807, 2.05) is 19.2 Å². The third-order valence-electron chi connectivity index (χ3n) is 4.53. The summed E-state index contributed by atoms with van der Waals surface area (Å²) in [5.41, 5.74) is 0.697. The second kappa shape index (κ2) is 10.6. The zero-order chi connectivity index (χ0) is 18.9. The highest BCUT2D eigenvalue weighted by molar-refractivity contribution is 7.13. The van der Waals surface area contributed by atoms with Gasteiger partial charge in [0, 0.05) is 44.0 Å². The van der Waals surface area contributed by atoms with Crippen LogP contribution in [0.3, 0.4) is 0 Å². The highest BCUT2D eigenvalue weighted by Gasteiger charge is 2.15. The van der Waals surface area contributed by atoms with Gasteiger partial charge in [-0.15, -0.1) is 11.3 Å². The van der Waals surface area contributed by atoms with E-state index in [0.29, 0.717) is 17.4 Å². The van der Waals surface area contributed by atoms with Crippen LogP contribution in [0, 0.1) is 5.92 Å². The molecule has 0 aromatic carbocycles. The zero-order valence-electron chi connectivity index (χ0n) is 16.1. The molecule has 0 aliphatic carbocycles. The topological polar surface area (TPSA) is 77.6 Å². The maximum absolute atomic E-state index is 12.0. The van der Waals surface area contributed by atoms with E-state index in [1.54, 1.807) is 0 Å². The highest BCUT2D eigenvalue weighted by atomic mass is 32.1. The minimum atomic E-state index is -0.0874. The molecule has 0 unspecified atom stereocenters. The van der Waals surface area contributed by atoms with Crippen LogP contribution in [0.5, 0.6) is 0 Å². The third kappa shape index (κ3) is 7.01. The molecule has 1 aromatic rings. The highest BCUT2D eigenvalue weighted by Crippen LogP contribution is 2.16. The standard InChI is InChI=1S/C18H31N5O2S/c1-4-22-8-10-23(11-9-22)7-5-6-19-16(24)12-15-13-26-18(20-15)21-17(25)14(2)3/h13-14H,4-12H2,1-3H3,(H,19,24)(H,20,21,25). The Kier molecular flexibility index (Phi) is 8.47. The maximum atomic E-state index is 12.0. The Bertz CT molecular complexity index is 582. The molecule has 8 heteroatoms. The Hall–Kier alpha value is -1.51. The number of anilines is 1. The van der Waals surface area contributed by atoms with Gasteiger partial charge in [0.25, 0.3) is 0 Å². The number of thiazole rings is 1. The Morgan fingerprint density at radius 1 is 1.23 bits per heavy atom. The average Bonchev–Trinajstić information content (AvgIpc) is 3.05. The summed E-state index contributed by atoms with van der Waals surface area (Å²) >= 11 is 1.35. The summed E-state index contributed by atoms with van der Waals surface area (Å²) in [5.74, 6) is -0.168. The predicted molar refractivity (Wildman–Crippen MR) is 105 cm³/mol. The van der Waals surface area contributed by atoms with Gasteiger partial charge in [0.1, 0.15) is 0 Å². The molecule has 2 heterocycles. The van der Waals surface area contributed by atoms with Crippen molar-refractivity contribution < 1.29 is 9.59 Å². The molecular formula is C18H31N5O2S. The normalized spacial score (nSPS) is 16.0. The number of likely N-dealkylation sites (N-methyl/N-ethyl adjacent to an activating group) is 1. The van der Waals surface area contributed by atoms with Crippen molar-refractivity contribution in [3.8, 4) is 0 Å². The molecule has 146 valence electrons.